The van der Waals surface area contributed by atoms with Crippen LogP contribution < -0.4 is 10.6 Å². The Kier molecular flexibility index (Phi) is 12.5. The molecule has 6 nitrogen and oxygen atoms in total. The summed E-state index contributed by atoms with van der Waals surface area (Å²) in [6, 6.07) is 7.70. The minimum absolute atomic E-state index is 0. The number of ether oxygens (including phenoxy) is 1. The van der Waals surface area contributed by atoms with Gasteiger partial charge in [0.25, 0.3) is 0 Å². The van der Waals surface area contributed by atoms with E-state index in [0.717, 1.165) is 50.9 Å². The maximum absolute atomic E-state index is 9.41. The van der Waals surface area contributed by atoms with E-state index >= 15 is 0 Å². The molecule has 0 radical (unpaired) electrons. The van der Waals surface area contributed by atoms with Gasteiger partial charge in [-0.1, -0.05) is 38.8 Å². The van der Waals surface area contributed by atoms with E-state index in [-0.39, 0.29) is 29.7 Å². The van der Waals surface area contributed by atoms with Gasteiger partial charge < -0.3 is 20.5 Å². The van der Waals surface area contributed by atoms with Crippen molar-refractivity contribution >= 4 is 29.9 Å². The maximum atomic E-state index is 9.41. The molecule has 1 heterocycles. The molecular weight excluding hydrogens is 467 g/mol. The second-order valence-corrected chi connectivity index (χ2v) is 7.03. The lowest BCUT2D eigenvalue weighted by molar-refractivity contribution is 0.00272. The van der Waals surface area contributed by atoms with Crippen molar-refractivity contribution in [2.45, 2.75) is 46.2 Å². The Morgan fingerprint density at radius 2 is 1.75 bits per heavy atom. The highest BCUT2D eigenvalue weighted by Gasteiger charge is 2.26. The number of phenolic OH excluding ortho intramolecular Hbond substituents is 1. The van der Waals surface area contributed by atoms with Gasteiger partial charge >= 0.3 is 0 Å². The van der Waals surface area contributed by atoms with Crippen molar-refractivity contribution in [3.8, 4) is 5.75 Å². The van der Waals surface area contributed by atoms with Gasteiger partial charge in [-0.05, 0) is 30.5 Å². The van der Waals surface area contributed by atoms with Crippen LogP contribution in [-0.4, -0.2) is 61.4 Å². The van der Waals surface area contributed by atoms with Gasteiger partial charge in [0, 0.05) is 32.2 Å². The summed E-state index contributed by atoms with van der Waals surface area (Å²) in [4.78, 5) is 7.28. The molecule has 0 bridgehead atoms. The molecule has 1 aliphatic heterocycles. The van der Waals surface area contributed by atoms with Crippen LogP contribution in [0.2, 0.25) is 0 Å². The third-order valence-corrected chi connectivity index (χ3v) is 5.29. The number of halogens is 1. The first-order valence-corrected chi connectivity index (χ1v) is 10.3. The highest BCUT2D eigenvalue weighted by molar-refractivity contribution is 14.0. The van der Waals surface area contributed by atoms with Crippen LogP contribution >= 0.6 is 24.0 Å². The minimum Gasteiger partial charge on any atom is -0.508 e. The Balaban J connectivity index is 0.00000392. The van der Waals surface area contributed by atoms with Crippen LogP contribution in [0.5, 0.6) is 5.75 Å². The molecule has 1 fully saturated rings. The van der Waals surface area contributed by atoms with Gasteiger partial charge in [0.15, 0.2) is 5.96 Å². The van der Waals surface area contributed by atoms with Crippen molar-refractivity contribution in [2.75, 3.05) is 39.4 Å². The molecular formula is C21H37IN4O2. The second kappa shape index (κ2) is 14.0. The molecule has 7 heteroatoms. The van der Waals surface area contributed by atoms with E-state index in [4.69, 9.17) is 9.73 Å². The van der Waals surface area contributed by atoms with Crippen molar-refractivity contribution < 1.29 is 9.84 Å². The van der Waals surface area contributed by atoms with Crippen LogP contribution in [0.1, 0.15) is 39.2 Å². The van der Waals surface area contributed by atoms with E-state index in [1.165, 1.54) is 12.8 Å². The van der Waals surface area contributed by atoms with Crippen molar-refractivity contribution in [3.05, 3.63) is 29.8 Å². The van der Waals surface area contributed by atoms with Gasteiger partial charge in [0.1, 0.15) is 5.75 Å². The Bertz CT molecular complexity index is 558. The second-order valence-electron chi connectivity index (χ2n) is 7.03. The number of morpholine rings is 1. The smallest absolute Gasteiger partial charge is 0.191 e. The average Bonchev–Trinajstić information content (AvgIpc) is 2.71. The molecule has 3 N–H and O–H groups in total. The summed E-state index contributed by atoms with van der Waals surface area (Å²) in [6.45, 7) is 12.6. The molecule has 0 spiro atoms. The molecule has 1 aromatic carbocycles. The summed E-state index contributed by atoms with van der Waals surface area (Å²) in [5.74, 6) is 1.79. The van der Waals surface area contributed by atoms with Crippen LogP contribution in [0, 0.1) is 5.92 Å². The predicted octanol–water partition coefficient (Wildman–Crippen LogP) is 3.20. The molecule has 0 aromatic heterocycles. The normalized spacial score (nSPS) is 16.5. The standard InChI is InChI=1S/C21H36N4O2.HI/c1-4-18(5-2)20(25-11-13-27-14-12-25)16-24-21(22-6-3)23-15-17-7-9-19(26)10-8-17;/h7-10,18,20,26H,4-6,11-16H2,1-3H3,(H2,22,23,24);1H. The fourth-order valence-electron chi connectivity index (χ4n) is 3.65. The van der Waals surface area contributed by atoms with Crippen molar-refractivity contribution in [1.29, 1.82) is 0 Å². The first kappa shape index (κ1) is 25.0. The summed E-state index contributed by atoms with van der Waals surface area (Å²) in [5, 5.41) is 16.3. The van der Waals surface area contributed by atoms with E-state index in [2.05, 4.69) is 36.3 Å². The monoisotopic (exact) mass is 504 g/mol. The Labute approximate surface area is 187 Å². The average molecular weight is 504 g/mol. The summed E-state index contributed by atoms with van der Waals surface area (Å²) in [5.41, 5.74) is 1.08. The molecule has 1 unspecified atom stereocenters. The number of aliphatic imine (C=N–C) groups is 1. The molecule has 1 aromatic rings. The summed E-state index contributed by atoms with van der Waals surface area (Å²) < 4.78 is 5.54. The molecule has 0 aliphatic carbocycles. The number of nitrogens with one attached hydrogen (secondary N) is 2. The Morgan fingerprint density at radius 1 is 1.11 bits per heavy atom. The fourth-order valence-corrected chi connectivity index (χ4v) is 3.65. The van der Waals surface area contributed by atoms with Crippen LogP contribution in [0.4, 0.5) is 0 Å². The number of guanidine groups is 1. The number of rotatable bonds is 9. The molecule has 1 aliphatic rings. The number of hydrogen-bond acceptors (Lipinski definition) is 4. The van der Waals surface area contributed by atoms with Gasteiger partial charge in [-0.2, -0.15) is 0 Å². The molecule has 0 saturated carbocycles. The summed E-state index contributed by atoms with van der Waals surface area (Å²) >= 11 is 0. The molecule has 160 valence electrons. The van der Waals surface area contributed by atoms with Crippen molar-refractivity contribution in [1.82, 2.24) is 15.5 Å². The summed E-state index contributed by atoms with van der Waals surface area (Å²) in [7, 11) is 0. The highest BCUT2D eigenvalue weighted by atomic mass is 127. The third-order valence-electron chi connectivity index (χ3n) is 5.29. The lowest BCUT2D eigenvalue weighted by atomic mass is 9.92. The zero-order valence-corrected chi connectivity index (χ0v) is 19.8. The molecule has 2 rings (SSSR count). The largest absolute Gasteiger partial charge is 0.508 e. The predicted molar refractivity (Wildman–Crippen MR) is 127 cm³/mol. The summed E-state index contributed by atoms with van der Waals surface area (Å²) in [6.07, 6.45) is 2.36. The van der Waals surface area contributed by atoms with Crippen molar-refractivity contribution in [3.63, 3.8) is 0 Å². The topological polar surface area (TPSA) is 69.1 Å². The first-order valence-electron chi connectivity index (χ1n) is 10.3. The Morgan fingerprint density at radius 3 is 2.32 bits per heavy atom. The first-order chi connectivity index (χ1) is 13.2. The SMILES string of the molecule is CCNC(=NCc1ccc(O)cc1)NCC(C(CC)CC)N1CCOCC1.I. The zero-order chi connectivity index (χ0) is 19.5. The molecule has 0 amide bonds. The van der Waals surface area contributed by atoms with Crippen LogP contribution in [0.15, 0.2) is 29.3 Å². The van der Waals surface area contributed by atoms with E-state index in [1.807, 2.05) is 12.1 Å². The number of nitrogens with zero attached hydrogens (tertiary/aromatic N) is 2. The van der Waals surface area contributed by atoms with Crippen molar-refractivity contribution in [2.24, 2.45) is 10.9 Å². The Hall–Kier alpha value is -1.06. The van der Waals surface area contributed by atoms with Gasteiger partial charge in [-0.15, -0.1) is 24.0 Å². The highest BCUT2D eigenvalue weighted by Crippen LogP contribution is 2.19. The van der Waals surface area contributed by atoms with Crippen LogP contribution in [-0.2, 0) is 11.3 Å². The lowest BCUT2D eigenvalue weighted by Crippen LogP contribution is -2.53. The molecule has 28 heavy (non-hydrogen) atoms. The number of aromatic hydroxyl groups is 1. The number of benzene rings is 1. The van der Waals surface area contributed by atoms with Gasteiger partial charge in [0.05, 0.1) is 19.8 Å². The van der Waals surface area contributed by atoms with E-state index in [1.54, 1.807) is 12.1 Å². The fraction of sp³-hybridized carbons (Fsp3) is 0.667. The van der Waals surface area contributed by atoms with Gasteiger partial charge in [-0.3, -0.25) is 4.90 Å². The maximum Gasteiger partial charge on any atom is 0.191 e. The number of hydrogen-bond donors (Lipinski definition) is 3. The quantitative estimate of drug-likeness (QED) is 0.274. The van der Waals surface area contributed by atoms with Gasteiger partial charge in [-0.25, -0.2) is 4.99 Å². The lowest BCUT2D eigenvalue weighted by Gasteiger charge is -2.39. The van der Waals surface area contributed by atoms with E-state index < -0.39 is 0 Å². The number of phenols is 1. The van der Waals surface area contributed by atoms with Crippen LogP contribution in [0.25, 0.3) is 0 Å². The zero-order valence-electron chi connectivity index (χ0n) is 17.5. The van der Waals surface area contributed by atoms with E-state index in [9.17, 15) is 5.11 Å². The molecule has 1 saturated heterocycles. The van der Waals surface area contributed by atoms with Gasteiger partial charge in [0.2, 0.25) is 0 Å². The van der Waals surface area contributed by atoms with E-state index in [0.29, 0.717) is 18.5 Å². The van der Waals surface area contributed by atoms with Crippen LogP contribution in [0.3, 0.4) is 0 Å². The third kappa shape index (κ3) is 8.13. The minimum atomic E-state index is 0. The molecule has 1 atom stereocenters.